The Kier molecular flexibility index (Phi) is 6.88. The predicted molar refractivity (Wildman–Crippen MR) is 107 cm³/mol. The van der Waals surface area contributed by atoms with Crippen molar-refractivity contribution in [3.8, 4) is 0 Å². The van der Waals surface area contributed by atoms with E-state index in [1.807, 2.05) is 24.3 Å². The normalized spacial score (nSPS) is 11.6. The molecule has 0 fully saturated rings. The Balaban J connectivity index is 1.37. The number of carbonyl (C=O) groups is 3. The van der Waals surface area contributed by atoms with Crippen molar-refractivity contribution in [2.24, 2.45) is 0 Å². The molecule has 2 N–H and O–H groups in total. The van der Waals surface area contributed by atoms with Crippen LogP contribution < -0.4 is 10.9 Å². The van der Waals surface area contributed by atoms with E-state index < -0.39 is 23.9 Å². The SMILES string of the molecule is C[C@H](OC(=O)COCc1nc2ccccc2s1)C(=O)NNC(=O)c1ccccc1. The average molecular weight is 413 g/mol. The standard InChI is InChI=1S/C20H19N3O5S/c1-13(19(25)22-23-20(26)14-7-3-2-4-8-14)28-18(24)12-27-11-17-21-15-9-5-6-10-16(15)29-17/h2-10,13H,11-12H2,1H3,(H,22,25)(H,23,26)/t13-/m0/s1. The molecule has 9 heteroatoms. The summed E-state index contributed by atoms with van der Waals surface area (Å²) in [5.41, 5.74) is 5.75. The fraction of sp³-hybridized carbons (Fsp3) is 0.200. The van der Waals surface area contributed by atoms with Gasteiger partial charge in [-0.2, -0.15) is 0 Å². The van der Waals surface area contributed by atoms with Crippen LogP contribution >= 0.6 is 11.3 Å². The Morgan fingerprint density at radius 3 is 2.52 bits per heavy atom. The Morgan fingerprint density at radius 2 is 1.76 bits per heavy atom. The van der Waals surface area contributed by atoms with Gasteiger partial charge in [0.05, 0.1) is 16.8 Å². The minimum absolute atomic E-state index is 0.169. The molecule has 0 spiro atoms. The van der Waals surface area contributed by atoms with Crippen molar-refractivity contribution < 1.29 is 23.9 Å². The maximum atomic E-state index is 12.0. The molecular formula is C20H19N3O5S. The zero-order chi connectivity index (χ0) is 20.6. The van der Waals surface area contributed by atoms with Gasteiger partial charge in [0.15, 0.2) is 6.10 Å². The fourth-order valence-corrected chi connectivity index (χ4v) is 3.27. The van der Waals surface area contributed by atoms with E-state index in [0.717, 1.165) is 15.2 Å². The highest BCUT2D eigenvalue weighted by molar-refractivity contribution is 7.18. The van der Waals surface area contributed by atoms with Crippen molar-refractivity contribution in [2.45, 2.75) is 19.6 Å². The lowest BCUT2D eigenvalue weighted by molar-refractivity contribution is -0.159. The monoisotopic (exact) mass is 413 g/mol. The summed E-state index contributed by atoms with van der Waals surface area (Å²) >= 11 is 1.48. The maximum Gasteiger partial charge on any atom is 0.332 e. The molecule has 1 aromatic heterocycles. The summed E-state index contributed by atoms with van der Waals surface area (Å²) in [4.78, 5) is 40.1. The molecule has 2 amide bonds. The van der Waals surface area contributed by atoms with Gasteiger partial charge in [0.1, 0.15) is 11.6 Å². The largest absolute Gasteiger partial charge is 0.451 e. The van der Waals surface area contributed by atoms with Gasteiger partial charge < -0.3 is 9.47 Å². The third-order valence-electron chi connectivity index (χ3n) is 3.80. The zero-order valence-electron chi connectivity index (χ0n) is 15.6. The Morgan fingerprint density at radius 1 is 1.03 bits per heavy atom. The third kappa shape index (κ3) is 5.84. The van der Waals surface area contributed by atoms with Crippen LogP contribution in [0.2, 0.25) is 0 Å². The van der Waals surface area contributed by atoms with Gasteiger partial charge in [0, 0.05) is 5.56 Å². The molecule has 0 radical (unpaired) electrons. The van der Waals surface area contributed by atoms with Gasteiger partial charge >= 0.3 is 5.97 Å². The van der Waals surface area contributed by atoms with E-state index in [1.54, 1.807) is 30.3 Å². The van der Waals surface area contributed by atoms with Crippen LogP contribution in [0.15, 0.2) is 54.6 Å². The number of ether oxygens (including phenoxy) is 2. The number of hydrazine groups is 1. The van der Waals surface area contributed by atoms with Crippen molar-refractivity contribution in [1.82, 2.24) is 15.8 Å². The summed E-state index contributed by atoms with van der Waals surface area (Å²) in [5, 5.41) is 0.744. The highest BCUT2D eigenvalue weighted by atomic mass is 32.1. The number of thiazole rings is 1. The molecule has 2 aromatic carbocycles. The smallest absolute Gasteiger partial charge is 0.332 e. The quantitative estimate of drug-likeness (QED) is 0.454. The summed E-state index contributed by atoms with van der Waals surface area (Å²) in [5.74, 6) is -1.83. The number of esters is 1. The van der Waals surface area contributed by atoms with Crippen LogP contribution in [0.25, 0.3) is 10.2 Å². The summed E-state index contributed by atoms with van der Waals surface area (Å²) in [6.07, 6.45) is -1.09. The van der Waals surface area contributed by atoms with E-state index in [0.29, 0.717) is 5.56 Å². The van der Waals surface area contributed by atoms with Gasteiger partial charge in [-0.1, -0.05) is 30.3 Å². The van der Waals surface area contributed by atoms with Crippen LogP contribution in [0.1, 0.15) is 22.3 Å². The Hall–Kier alpha value is -3.30. The van der Waals surface area contributed by atoms with Crippen molar-refractivity contribution >= 4 is 39.3 Å². The first-order chi connectivity index (χ1) is 14.0. The van der Waals surface area contributed by atoms with Crippen LogP contribution in [0.5, 0.6) is 0 Å². The molecule has 8 nitrogen and oxygen atoms in total. The van der Waals surface area contributed by atoms with Gasteiger partial charge in [0.2, 0.25) is 0 Å². The first-order valence-electron chi connectivity index (χ1n) is 8.80. The molecular weight excluding hydrogens is 394 g/mol. The van der Waals surface area contributed by atoms with E-state index in [-0.39, 0.29) is 13.2 Å². The van der Waals surface area contributed by atoms with Crippen LogP contribution in [0.4, 0.5) is 0 Å². The van der Waals surface area contributed by atoms with E-state index >= 15 is 0 Å². The van der Waals surface area contributed by atoms with Crippen LogP contribution in [0, 0.1) is 0 Å². The van der Waals surface area contributed by atoms with E-state index in [2.05, 4.69) is 15.8 Å². The summed E-state index contributed by atoms with van der Waals surface area (Å²) < 4.78 is 11.4. The highest BCUT2D eigenvalue weighted by Crippen LogP contribution is 2.21. The number of nitrogens with zero attached hydrogens (tertiary/aromatic N) is 1. The number of amides is 2. The van der Waals surface area contributed by atoms with Crippen molar-refractivity contribution in [3.05, 3.63) is 65.2 Å². The van der Waals surface area contributed by atoms with Gasteiger partial charge in [-0.3, -0.25) is 20.4 Å². The molecule has 1 heterocycles. The number of carbonyl (C=O) groups excluding carboxylic acids is 3. The number of aromatic nitrogens is 1. The second kappa shape index (κ2) is 9.76. The van der Waals surface area contributed by atoms with Gasteiger partial charge in [-0.25, -0.2) is 9.78 Å². The molecule has 1 atom stereocenters. The van der Waals surface area contributed by atoms with Gasteiger partial charge in [0.25, 0.3) is 11.8 Å². The molecule has 29 heavy (non-hydrogen) atoms. The molecule has 0 saturated carbocycles. The summed E-state index contributed by atoms with van der Waals surface area (Å²) in [6.45, 7) is 1.25. The fourth-order valence-electron chi connectivity index (χ4n) is 2.37. The number of nitrogens with one attached hydrogen (secondary N) is 2. The molecule has 0 saturated heterocycles. The summed E-state index contributed by atoms with van der Waals surface area (Å²) in [6, 6.07) is 16.1. The van der Waals surface area contributed by atoms with Gasteiger partial charge in [-0.05, 0) is 31.2 Å². The maximum absolute atomic E-state index is 12.0. The molecule has 150 valence electrons. The second-order valence-corrected chi connectivity index (χ2v) is 7.12. The number of para-hydroxylation sites is 1. The molecule has 0 aliphatic carbocycles. The average Bonchev–Trinajstić information content (AvgIpc) is 3.15. The molecule has 0 bridgehead atoms. The van der Waals surface area contributed by atoms with E-state index in [1.165, 1.54) is 18.3 Å². The molecule has 0 aliphatic rings. The zero-order valence-corrected chi connectivity index (χ0v) is 16.4. The lowest BCUT2D eigenvalue weighted by Gasteiger charge is -2.14. The predicted octanol–water partition coefficient (Wildman–Crippen LogP) is 2.21. The lowest BCUT2D eigenvalue weighted by Crippen LogP contribution is -2.46. The molecule has 0 unspecified atom stereocenters. The minimum atomic E-state index is -1.09. The topological polar surface area (TPSA) is 107 Å². The summed E-state index contributed by atoms with van der Waals surface area (Å²) in [7, 11) is 0. The number of fused-ring (bicyclic) bond motifs is 1. The van der Waals surface area contributed by atoms with Crippen LogP contribution in [-0.4, -0.2) is 35.5 Å². The van der Waals surface area contributed by atoms with Crippen LogP contribution in [0.3, 0.4) is 0 Å². The first-order valence-corrected chi connectivity index (χ1v) is 9.61. The van der Waals surface area contributed by atoms with Crippen molar-refractivity contribution in [2.75, 3.05) is 6.61 Å². The number of rotatable bonds is 7. The molecule has 3 rings (SSSR count). The van der Waals surface area contributed by atoms with Crippen molar-refractivity contribution in [1.29, 1.82) is 0 Å². The molecule has 3 aromatic rings. The number of benzene rings is 2. The van der Waals surface area contributed by atoms with Crippen LogP contribution in [-0.2, 0) is 25.7 Å². The van der Waals surface area contributed by atoms with E-state index in [9.17, 15) is 14.4 Å². The third-order valence-corrected chi connectivity index (χ3v) is 4.81. The number of hydrogen-bond donors (Lipinski definition) is 2. The first kappa shape index (κ1) is 20.4. The highest BCUT2D eigenvalue weighted by Gasteiger charge is 2.19. The molecule has 0 aliphatic heterocycles. The second-order valence-electron chi connectivity index (χ2n) is 6.01. The Bertz CT molecular complexity index is 973. The number of hydrogen-bond acceptors (Lipinski definition) is 7. The van der Waals surface area contributed by atoms with Crippen molar-refractivity contribution in [3.63, 3.8) is 0 Å². The van der Waals surface area contributed by atoms with E-state index in [4.69, 9.17) is 9.47 Å². The Labute approximate surface area is 170 Å². The minimum Gasteiger partial charge on any atom is -0.451 e. The van der Waals surface area contributed by atoms with Gasteiger partial charge in [-0.15, -0.1) is 11.3 Å². The lowest BCUT2D eigenvalue weighted by atomic mass is 10.2.